The first-order chi connectivity index (χ1) is 7.04. The van der Waals surface area contributed by atoms with Crippen molar-refractivity contribution in [2.24, 2.45) is 0 Å². The third kappa shape index (κ3) is 3.21. The lowest BCUT2D eigenvalue weighted by Crippen LogP contribution is -2.31. The smallest absolute Gasteiger partial charge is 0.261 e. The number of hydrogen-bond donors (Lipinski definition) is 3. The molecular formula is C10H16N2O2S. The molecular weight excluding hydrogens is 212 g/mol. The summed E-state index contributed by atoms with van der Waals surface area (Å²) < 4.78 is 0. The number of amides is 1. The van der Waals surface area contributed by atoms with Crippen molar-refractivity contribution in [3.8, 4) is 0 Å². The van der Waals surface area contributed by atoms with Crippen LogP contribution in [0, 0.1) is 6.92 Å². The van der Waals surface area contributed by atoms with Crippen LogP contribution in [0.3, 0.4) is 0 Å². The molecule has 1 aromatic rings. The zero-order valence-corrected chi connectivity index (χ0v) is 9.73. The maximum Gasteiger partial charge on any atom is 0.261 e. The Morgan fingerprint density at radius 2 is 2.40 bits per heavy atom. The molecule has 1 amide bonds. The zero-order valence-electron chi connectivity index (χ0n) is 8.91. The fraction of sp³-hybridized carbons (Fsp3) is 0.500. The third-order valence-electron chi connectivity index (χ3n) is 2.15. The molecule has 1 aromatic heterocycles. The van der Waals surface area contributed by atoms with Crippen molar-refractivity contribution in [2.45, 2.75) is 26.4 Å². The predicted molar refractivity (Wildman–Crippen MR) is 62.1 cm³/mol. The summed E-state index contributed by atoms with van der Waals surface area (Å²) in [6, 6.07) is 1.66. The van der Waals surface area contributed by atoms with Gasteiger partial charge < -0.3 is 16.2 Å². The van der Waals surface area contributed by atoms with Crippen LogP contribution < -0.4 is 11.1 Å². The molecule has 0 aliphatic heterocycles. The number of aliphatic hydroxyl groups excluding tert-OH is 1. The van der Waals surface area contributed by atoms with Crippen molar-refractivity contribution in [1.29, 1.82) is 0 Å². The Morgan fingerprint density at radius 3 is 2.87 bits per heavy atom. The van der Waals surface area contributed by atoms with E-state index in [0.29, 0.717) is 17.0 Å². The lowest BCUT2D eigenvalue weighted by Gasteiger charge is -2.07. The Bertz CT molecular complexity index is 330. The first-order valence-electron chi connectivity index (χ1n) is 4.86. The van der Waals surface area contributed by atoms with Crippen LogP contribution >= 0.6 is 11.3 Å². The van der Waals surface area contributed by atoms with Crippen molar-refractivity contribution in [2.75, 3.05) is 12.3 Å². The second-order valence-corrected chi connectivity index (χ2v) is 4.65. The summed E-state index contributed by atoms with van der Waals surface area (Å²) in [6.45, 7) is 4.02. The molecule has 4 nitrogen and oxygen atoms in total. The molecule has 1 unspecified atom stereocenters. The highest BCUT2D eigenvalue weighted by molar-refractivity contribution is 7.14. The number of carbonyl (C=O) groups is 1. The lowest BCUT2D eigenvalue weighted by atomic mass is 10.3. The molecule has 15 heavy (non-hydrogen) atoms. The van der Waals surface area contributed by atoms with Gasteiger partial charge in [-0.05, 0) is 19.4 Å². The van der Waals surface area contributed by atoms with Crippen LogP contribution in [-0.4, -0.2) is 23.7 Å². The van der Waals surface area contributed by atoms with E-state index >= 15 is 0 Å². The standard InChI is InChI=1S/C10H16N2O2S/c1-3-7(13)5-12-10(14)9-4-8(11)6(2)15-9/h4,7,13H,3,5,11H2,1-2H3,(H,12,14). The summed E-state index contributed by atoms with van der Waals surface area (Å²) in [6.07, 6.45) is 0.152. The lowest BCUT2D eigenvalue weighted by molar-refractivity contribution is 0.0918. The number of anilines is 1. The highest BCUT2D eigenvalue weighted by Crippen LogP contribution is 2.22. The van der Waals surface area contributed by atoms with Crippen molar-refractivity contribution in [3.05, 3.63) is 15.8 Å². The maximum absolute atomic E-state index is 11.6. The monoisotopic (exact) mass is 228 g/mol. The number of rotatable bonds is 4. The Kier molecular flexibility index (Phi) is 4.11. The van der Waals surface area contributed by atoms with Gasteiger partial charge in [0.1, 0.15) is 0 Å². The molecule has 0 saturated heterocycles. The van der Waals surface area contributed by atoms with E-state index in [-0.39, 0.29) is 12.5 Å². The van der Waals surface area contributed by atoms with Gasteiger partial charge in [0.2, 0.25) is 0 Å². The number of carbonyl (C=O) groups excluding carboxylic acids is 1. The molecule has 1 atom stereocenters. The van der Waals surface area contributed by atoms with Crippen LogP contribution in [0.2, 0.25) is 0 Å². The highest BCUT2D eigenvalue weighted by atomic mass is 32.1. The van der Waals surface area contributed by atoms with Crippen molar-refractivity contribution >= 4 is 22.9 Å². The first-order valence-corrected chi connectivity index (χ1v) is 5.68. The number of thiophene rings is 1. The van der Waals surface area contributed by atoms with Crippen LogP contribution in [-0.2, 0) is 0 Å². The van der Waals surface area contributed by atoms with Gasteiger partial charge in [0, 0.05) is 17.1 Å². The number of nitrogens with one attached hydrogen (secondary N) is 1. The normalized spacial score (nSPS) is 12.5. The fourth-order valence-corrected chi connectivity index (χ4v) is 1.91. The van der Waals surface area contributed by atoms with E-state index in [1.165, 1.54) is 11.3 Å². The van der Waals surface area contributed by atoms with Gasteiger partial charge in [-0.15, -0.1) is 11.3 Å². The van der Waals surface area contributed by atoms with Gasteiger partial charge in [-0.25, -0.2) is 0 Å². The molecule has 0 bridgehead atoms. The minimum absolute atomic E-state index is 0.174. The van der Waals surface area contributed by atoms with Crippen molar-refractivity contribution < 1.29 is 9.90 Å². The van der Waals surface area contributed by atoms with E-state index in [1.807, 2.05) is 13.8 Å². The number of hydrogen-bond acceptors (Lipinski definition) is 4. The molecule has 1 rings (SSSR count). The Morgan fingerprint density at radius 1 is 1.73 bits per heavy atom. The number of aryl methyl sites for hydroxylation is 1. The molecule has 0 fully saturated rings. The summed E-state index contributed by atoms with van der Waals surface area (Å²) in [5.41, 5.74) is 6.28. The van der Waals surface area contributed by atoms with Gasteiger partial charge in [0.15, 0.2) is 0 Å². The van der Waals surface area contributed by atoms with Gasteiger partial charge in [-0.2, -0.15) is 0 Å². The van der Waals surface area contributed by atoms with Gasteiger partial charge in [-0.1, -0.05) is 6.92 Å². The van der Waals surface area contributed by atoms with Gasteiger partial charge in [-0.3, -0.25) is 4.79 Å². The molecule has 0 saturated carbocycles. The summed E-state index contributed by atoms with van der Waals surface area (Å²) in [5.74, 6) is -0.174. The third-order valence-corrected chi connectivity index (χ3v) is 3.21. The summed E-state index contributed by atoms with van der Waals surface area (Å²) >= 11 is 1.36. The van der Waals surface area contributed by atoms with Crippen LogP contribution in [0.1, 0.15) is 27.9 Å². The van der Waals surface area contributed by atoms with Crippen LogP contribution in [0.4, 0.5) is 5.69 Å². The molecule has 0 aliphatic carbocycles. The molecule has 4 N–H and O–H groups in total. The molecule has 0 radical (unpaired) electrons. The second-order valence-electron chi connectivity index (χ2n) is 3.39. The molecule has 1 heterocycles. The fourth-order valence-electron chi connectivity index (χ4n) is 1.05. The maximum atomic E-state index is 11.6. The molecule has 0 spiro atoms. The quantitative estimate of drug-likeness (QED) is 0.723. The zero-order chi connectivity index (χ0) is 11.4. The number of aliphatic hydroxyl groups is 1. The van der Waals surface area contributed by atoms with E-state index < -0.39 is 6.10 Å². The number of nitrogen functional groups attached to an aromatic ring is 1. The Hall–Kier alpha value is -1.07. The predicted octanol–water partition coefficient (Wildman–Crippen LogP) is 1.14. The second kappa shape index (κ2) is 5.14. The van der Waals surface area contributed by atoms with Crippen molar-refractivity contribution in [1.82, 2.24) is 5.32 Å². The van der Waals surface area contributed by atoms with E-state index in [9.17, 15) is 9.90 Å². The average Bonchev–Trinajstić information content (AvgIpc) is 2.55. The minimum atomic E-state index is -0.479. The van der Waals surface area contributed by atoms with Crippen LogP contribution in [0.15, 0.2) is 6.07 Å². The molecule has 0 aliphatic rings. The minimum Gasteiger partial charge on any atom is -0.398 e. The van der Waals surface area contributed by atoms with E-state index in [0.717, 1.165) is 4.88 Å². The van der Waals surface area contributed by atoms with Crippen LogP contribution in [0.25, 0.3) is 0 Å². The van der Waals surface area contributed by atoms with Gasteiger partial charge in [0.05, 0.1) is 11.0 Å². The van der Waals surface area contributed by atoms with E-state index in [1.54, 1.807) is 6.07 Å². The largest absolute Gasteiger partial charge is 0.398 e. The molecule has 84 valence electrons. The first kappa shape index (κ1) is 12.0. The molecule has 0 aromatic carbocycles. The summed E-state index contributed by atoms with van der Waals surface area (Å²) in [7, 11) is 0. The van der Waals surface area contributed by atoms with Gasteiger partial charge in [0.25, 0.3) is 5.91 Å². The molecule has 5 heteroatoms. The van der Waals surface area contributed by atoms with Gasteiger partial charge >= 0.3 is 0 Å². The highest BCUT2D eigenvalue weighted by Gasteiger charge is 2.11. The van der Waals surface area contributed by atoms with Crippen LogP contribution in [0.5, 0.6) is 0 Å². The topological polar surface area (TPSA) is 75.3 Å². The summed E-state index contributed by atoms with van der Waals surface area (Å²) in [4.78, 5) is 13.1. The number of nitrogens with two attached hydrogens (primary N) is 1. The van der Waals surface area contributed by atoms with E-state index in [4.69, 9.17) is 5.73 Å². The average molecular weight is 228 g/mol. The summed E-state index contributed by atoms with van der Waals surface area (Å²) in [5, 5.41) is 11.9. The van der Waals surface area contributed by atoms with Crippen molar-refractivity contribution in [3.63, 3.8) is 0 Å². The van der Waals surface area contributed by atoms with E-state index in [2.05, 4.69) is 5.32 Å². The Labute approximate surface area is 93.1 Å². The SMILES string of the molecule is CCC(O)CNC(=O)c1cc(N)c(C)s1. The Balaban J connectivity index is 2.54.